The Labute approximate surface area is 186 Å². The van der Waals surface area contributed by atoms with E-state index in [1.54, 1.807) is 51.1 Å². The first kappa shape index (κ1) is 23.1. The Balaban J connectivity index is 2.13. The number of Topliss-reactive ketones (excluding diaryl/α,β-unsaturated/α-hetero) is 1. The topological polar surface area (TPSA) is 104 Å². The number of ketones is 1. The van der Waals surface area contributed by atoms with E-state index in [-0.39, 0.29) is 29.3 Å². The van der Waals surface area contributed by atoms with Crippen LogP contribution in [-0.2, 0) is 14.3 Å². The van der Waals surface area contributed by atoms with Gasteiger partial charge < -0.3 is 14.9 Å². The van der Waals surface area contributed by atoms with E-state index < -0.39 is 29.1 Å². The van der Waals surface area contributed by atoms with E-state index in [1.165, 1.54) is 23.1 Å². The highest BCUT2D eigenvalue weighted by Crippen LogP contribution is 2.43. The Kier molecular flexibility index (Phi) is 6.39. The molecule has 0 bridgehead atoms. The molecule has 2 aromatic rings. The molecule has 2 N–H and O–H groups in total. The molecule has 0 fully saturated rings. The number of esters is 1. The van der Waals surface area contributed by atoms with Crippen LogP contribution in [0.4, 0.5) is 5.69 Å². The van der Waals surface area contributed by atoms with Gasteiger partial charge in [0.2, 0.25) is 0 Å². The highest BCUT2D eigenvalue weighted by Gasteiger charge is 2.46. The summed E-state index contributed by atoms with van der Waals surface area (Å²) in [6.07, 6.45) is 0.676. The molecule has 1 amide bonds. The van der Waals surface area contributed by atoms with E-state index in [1.807, 2.05) is 6.92 Å². The summed E-state index contributed by atoms with van der Waals surface area (Å²) in [4.78, 5) is 40.0. The molecular formula is C25H27NO6. The van der Waals surface area contributed by atoms with Gasteiger partial charge in [-0.05, 0) is 42.3 Å². The summed E-state index contributed by atoms with van der Waals surface area (Å²) in [5.41, 5.74) is 0.255. The van der Waals surface area contributed by atoms with Crippen LogP contribution in [0.3, 0.4) is 0 Å². The number of phenolic OH excluding ortho intramolecular Hbond substituents is 1. The zero-order valence-corrected chi connectivity index (χ0v) is 18.6. The lowest BCUT2D eigenvalue weighted by Gasteiger charge is -2.29. The van der Waals surface area contributed by atoms with Crippen LogP contribution < -0.4 is 4.90 Å². The fraction of sp³-hybridized carbons (Fsp3) is 0.320. The van der Waals surface area contributed by atoms with E-state index in [2.05, 4.69) is 0 Å². The second kappa shape index (κ2) is 8.86. The molecule has 0 saturated heterocycles. The van der Waals surface area contributed by atoms with Crippen molar-refractivity contribution < 1.29 is 29.3 Å². The molecule has 0 aromatic heterocycles. The molecule has 0 radical (unpaired) electrons. The fourth-order valence-electron chi connectivity index (χ4n) is 3.54. The summed E-state index contributed by atoms with van der Waals surface area (Å²) in [6.45, 7) is 7.29. The van der Waals surface area contributed by atoms with Crippen LogP contribution in [0, 0.1) is 5.41 Å². The number of aliphatic hydroxyl groups excluding tert-OH is 1. The molecule has 7 nitrogen and oxygen atoms in total. The quantitative estimate of drug-likeness (QED) is 0.646. The summed E-state index contributed by atoms with van der Waals surface area (Å²) in [5, 5.41) is 20.4. The number of hydrogen-bond donors (Lipinski definition) is 2. The molecule has 0 spiro atoms. The van der Waals surface area contributed by atoms with Crippen molar-refractivity contribution in [2.24, 2.45) is 5.41 Å². The lowest BCUT2D eigenvalue weighted by Crippen LogP contribution is -2.33. The number of anilines is 1. The van der Waals surface area contributed by atoms with E-state index in [0.29, 0.717) is 17.7 Å². The maximum Gasteiger partial charge on any atom is 0.338 e. The van der Waals surface area contributed by atoms with Gasteiger partial charge in [0.1, 0.15) is 5.75 Å². The Morgan fingerprint density at radius 1 is 1.06 bits per heavy atom. The molecule has 1 heterocycles. The maximum absolute atomic E-state index is 13.2. The van der Waals surface area contributed by atoms with Crippen LogP contribution in [0.1, 0.15) is 56.1 Å². The molecule has 1 atom stereocenters. The third-order valence-electron chi connectivity index (χ3n) is 5.14. The zero-order valence-electron chi connectivity index (χ0n) is 18.6. The third kappa shape index (κ3) is 4.37. The van der Waals surface area contributed by atoms with Crippen molar-refractivity contribution in [2.45, 2.75) is 40.2 Å². The molecule has 1 aliphatic heterocycles. The average molecular weight is 437 g/mol. The predicted octanol–water partition coefficient (Wildman–Crippen LogP) is 4.47. The largest absolute Gasteiger partial charge is 0.508 e. The number of nitrogens with zero attached hydrogens (tertiary/aromatic N) is 1. The first-order chi connectivity index (χ1) is 15.1. The molecule has 32 heavy (non-hydrogen) atoms. The minimum atomic E-state index is -0.920. The first-order valence-electron chi connectivity index (χ1n) is 10.4. The smallest absolute Gasteiger partial charge is 0.338 e. The molecular weight excluding hydrogens is 410 g/mol. The van der Waals surface area contributed by atoms with E-state index >= 15 is 0 Å². The Hall–Kier alpha value is -3.61. The highest BCUT2D eigenvalue weighted by molar-refractivity contribution is 6.17. The Morgan fingerprint density at radius 3 is 2.31 bits per heavy atom. The number of rotatable bonds is 6. The minimum absolute atomic E-state index is 0.0212. The van der Waals surface area contributed by atoms with Crippen molar-refractivity contribution in [3.63, 3.8) is 0 Å². The van der Waals surface area contributed by atoms with Crippen molar-refractivity contribution >= 4 is 23.3 Å². The molecule has 1 aliphatic rings. The van der Waals surface area contributed by atoms with Gasteiger partial charge in [-0.2, -0.15) is 0 Å². The number of amides is 1. The number of aromatic hydroxyl groups is 1. The van der Waals surface area contributed by atoms with Crippen LogP contribution in [0.5, 0.6) is 5.75 Å². The molecule has 0 saturated carbocycles. The predicted molar refractivity (Wildman–Crippen MR) is 119 cm³/mol. The summed E-state index contributed by atoms with van der Waals surface area (Å²) in [7, 11) is 0. The van der Waals surface area contributed by atoms with Gasteiger partial charge in [-0.1, -0.05) is 45.9 Å². The average Bonchev–Trinajstić information content (AvgIpc) is 3.02. The van der Waals surface area contributed by atoms with Crippen molar-refractivity contribution in [3.8, 4) is 5.75 Å². The summed E-state index contributed by atoms with van der Waals surface area (Å²) in [6, 6.07) is 11.5. The molecule has 2 aromatic carbocycles. The van der Waals surface area contributed by atoms with Gasteiger partial charge in [-0.15, -0.1) is 0 Å². The van der Waals surface area contributed by atoms with Gasteiger partial charge in [0.25, 0.3) is 5.91 Å². The van der Waals surface area contributed by atoms with Crippen molar-refractivity contribution in [2.75, 3.05) is 11.5 Å². The molecule has 3 rings (SSSR count). The molecule has 0 aliphatic carbocycles. The molecule has 1 unspecified atom stereocenters. The van der Waals surface area contributed by atoms with E-state index in [4.69, 9.17) is 4.74 Å². The van der Waals surface area contributed by atoms with Crippen molar-refractivity contribution in [1.29, 1.82) is 0 Å². The number of carbonyl (C=O) groups is 3. The Bertz CT molecular complexity index is 1080. The second-order valence-electron chi connectivity index (χ2n) is 8.70. The summed E-state index contributed by atoms with van der Waals surface area (Å²) >= 11 is 0. The maximum atomic E-state index is 13.2. The van der Waals surface area contributed by atoms with Gasteiger partial charge >= 0.3 is 5.97 Å². The lowest BCUT2D eigenvalue weighted by molar-refractivity contribution is -0.123. The summed E-state index contributed by atoms with van der Waals surface area (Å²) in [5.74, 6) is -2.23. The fourth-order valence-corrected chi connectivity index (χ4v) is 3.54. The number of ether oxygens (including phenoxy) is 1. The van der Waals surface area contributed by atoms with Crippen LogP contribution in [0.25, 0.3) is 0 Å². The van der Waals surface area contributed by atoms with Gasteiger partial charge in [0.15, 0.2) is 11.5 Å². The van der Waals surface area contributed by atoms with Crippen LogP contribution >= 0.6 is 0 Å². The number of hydrogen-bond acceptors (Lipinski definition) is 6. The SMILES string of the molecule is CCCOC(=O)c1cccc(N2C(=O)C(O)=C(C(=O)C(C)(C)C)C2c2ccc(O)cc2)c1. The van der Waals surface area contributed by atoms with Gasteiger partial charge in [-0.25, -0.2) is 4.79 Å². The second-order valence-corrected chi connectivity index (χ2v) is 8.70. The standard InChI is InChI=1S/C25H27NO6/c1-5-13-32-24(31)16-7-6-8-17(14-16)26-20(15-9-11-18(27)12-10-15)19(21(28)23(26)30)22(29)25(2,3)4/h6-12,14,20,27-28H,5,13H2,1-4H3. The minimum Gasteiger partial charge on any atom is -0.508 e. The number of aliphatic hydroxyl groups is 1. The first-order valence-corrected chi connectivity index (χ1v) is 10.4. The Morgan fingerprint density at radius 2 is 1.72 bits per heavy atom. The third-order valence-corrected chi connectivity index (χ3v) is 5.14. The highest BCUT2D eigenvalue weighted by atomic mass is 16.5. The molecule has 168 valence electrons. The summed E-state index contributed by atoms with van der Waals surface area (Å²) < 4.78 is 5.19. The van der Waals surface area contributed by atoms with Gasteiger partial charge in [-0.3, -0.25) is 14.5 Å². The zero-order chi connectivity index (χ0) is 23.6. The number of phenols is 1. The monoisotopic (exact) mass is 437 g/mol. The van der Waals surface area contributed by atoms with Gasteiger partial charge in [0, 0.05) is 11.1 Å². The van der Waals surface area contributed by atoms with E-state index in [0.717, 1.165) is 0 Å². The van der Waals surface area contributed by atoms with E-state index in [9.17, 15) is 24.6 Å². The van der Waals surface area contributed by atoms with Gasteiger partial charge in [0.05, 0.1) is 23.8 Å². The van der Waals surface area contributed by atoms with Crippen molar-refractivity contribution in [3.05, 3.63) is 71.0 Å². The number of benzene rings is 2. The lowest BCUT2D eigenvalue weighted by atomic mass is 9.82. The van der Waals surface area contributed by atoms with Crippen molar-refractivity contribution in [1.82, 2.24) is 0 Å². The van der Waals surface area contributed by atoms with Crippen LogP contribution in [-0.4, -0.2) is 34.5 Å². The molecule has 7 heteroatoms. The number of carbonyl (C=O) groups excluding carboxylic acids is 3. The normalized spacial score (nSPS) is 16.4. The van der Waals surface area contributed by atoms with Crippen LogP contribution in [0.2, 0.25) is 0 Å². The van der Waals surface area contributed by atoms with Crippen LogP contribution in [0.15, 0.2) is 59.9 Å².